The lowest BCUT2D eigenvalue weighted by molar-refractivity contribution is 0.479. The molecule has 2 heteroatoms. The monoisotopic (exact) mass is 393 g/mol. The summed E-state index contributed by atoms with van der Waals surface area (Å²) in [5, 5.41) is 3.59. The van der Waals surface area contributed by atoms with Gasteiger partial charge in [-0.3, -0.25) is 0 Å². The molecular weight excluding hydrogens is 366 g/mol. The standard InChI is InChI=1S/C28H27NO/c1-3-24-23(22-12-4-6-13-25(22)28(24)16-8-9-17-28)19-29-26-14-10-18-30-27-15-7-5-11-21(27)20(26)2/h3-7,10-15,18-19,29H,2,8-9,16-17H2,1H3/b18-10-,23-19-,24-3+,26-14+. The second-order valence-corrected chi connectivity index (χ2v) is 8.24. The second kappa shape index (κ2) is 7.53. The van der Waals surface area contributed by atoms with Crippen molar-refractivity contribution in [3.8, 4) is 5.75 Å². The number of allylic oxidation sites excluding steroid dienone is 6. The van der Waals surface area contributed by atoms with E-state index in [1.807, 2.05) is 30.4 Å². The predicted octanol–water partition coefficient (Wildman–Crippen LogP) is 6.89. The van der Waals surface area contributed by atoms with E-state index in [1.54, 1.807) is 6.26 Å². The molecule has 0 aromatic heterocycles. The van der Waals surface area contributed by atoms with Gasteiger partial charge in [0.05, 0.1) is 6.26 Å². The van der Waals surface area contributed by atoms with Crippen molar-refractivity contribution in [1.29, 1.82) is 0 Å². The molecule has 2 aromatic rings. The first kappa shape index (κ1) is 18.7. The highest BCUT2D eigenvalue weighted by Gasteiger charge is 2.46. The highest BCUT2D eigenvalue weighted by Crippen LogP contribution is 2.57. The third kappa shape index (κ3) is 2.87. The fourth-order valence-electron chi connectivity index (χ4n) is 5.39. The van der Waals surface area contributed by atoms with Crippen LogP contribution in [0.15, 0.2) is 97.1 Å². The Bertz CT molecular complexity index is 1120. The maximum atomic E-state index is 5.73. The van der Waals surface area contributed by atoms with E-state index >= 15 is 0 Å². The van der Waals surface area contributed by atoms with Crippen LogP contribution in [0.2, 0.25) is 0 Å². The van der Waals surface area contributed by atoms with Crippen LogP contribution >= 0.6 is 0 Å². The van der Waals surface area contributed by atoms with E-state index in [2.05, 4.69) is 61.4 Å². The molecule has 0 bridgehead atoms. The van der Waals surface area contributed by atoms with Gasteiger partial charge in [0.25, 0.3) is 0 Å². The summed E-state index contributed by atoms with van der Waals surface area (Å²) in [6, 6.07) is 17.0. The van der Waals surface area contributed by atoms with Crippen LogP contribution in [0.4, 0.5) is 0 Å². The van der Waals surface area contributed by atoms with Crippen LogP contribution in [0.25, 0.3) is 11.1 Å². The Morgan fingerprint density at radius 3 is 2.53 bits per heavy atom. The third-order valence-corrected chi connectivity index (χ3v) is 6.73. The van der Waals surface area contributed by atoms with E-state index in [-0.39, 0.29) is 5.41 Å². The fourth-order valence-corrected chi connectivity index (χ4v) is 5.39. The summed E-state index contributed by atoms with van der Waals surface area (Å²) in [5.41, 5.74) is 8.72. The Balaban J connectivity index is 1.55. The zero-order valence-electron chi connectivity index (χ0n) is 17.4. The molecule has 0 saturated heterocycles. The quantitative estimate of drug-likeness (QED) is 0.600. The van der Waals surface area contributed by atoms with Gasteiger partial charge in [-0.25, -0.2) is 0 Å². The molecule has 1 N–H and O–H groups in total. The van der Waals surface area contributed by atoms with Crippen molar-refractivity contribution in [2.75, 3.05) is 0 Å². The molecule has 5 rings (SSSR count). The van der Waals surface area contributed by atoms with Gasteiger partial charge >= 0.3 is 0 Å². The lowest BCUT2D eigenvalue weighted by atomic mass is 9.76. The van der Waals surface area contributed by atoms with Crippen LogP contribution in [0.3, 0.4) is 0 Å². The van der Waals surface area contributed by atoms with Crippen LogP contribution in [0, 0.1) is 0 Å². The molecule has 0 radical (unpaired) electrons. The minimum atomic E-state index is 0.186. The number of para-hydroxylation sites is 1. The maximum Gasteiger partial charge on any atom is 0.134 e. The minimum Gasteiger partial charge on any atom is -0.464 e. The first-order valence-electron chi connectivity index (χ1n) is 10.8. The maximum absolute atomic E-state index is 5.73. The van der Waals surface area contributed by atoms with E-state index in [0.29, 0.717) is 0 Å². The van der Waals surface area contributed by atoms with Gasteiger partial charge in [-0.1, -0.05) is 68.0 Å². The van der Waals surface area contributed by atoms with Crippen LogP contribution < -0.4 is 10.1 Å². The van der Waals surface area contributed by atoms with Crippen LogP contribution in [0.5, 0.6) is 5.75 Å². The number of benzene rings is 2. The summed E-state index contributed by atoms with van der Waals surface area (Å²) < 4.78 is 5.73. The SMILES string of the molecule is C=C1/C(N/C=C2\C(=C/C)C3(CCCC3)c3ccccc32)=C\C=C/Oc2ccccc21. The average Bonchev–Trinajstić information content (AvgIpc) is 3.36. The highest BCUT2D eigenvalue weighted by molar-refractivity contribution is 5.90. The number of fused-ring (bicyclic) bond motifs is 3. The van der Waals surface area contributed by atoms with Crippen molar-refractivity contribution in [1.82, 2.24) is 5.32 Å². The van der Waals surface area contributed by atoms with Crippen LogP contribution in [0.1, 0.15) is 49.3 Å². The Hall–Kier alpha value is -3.26. The summed E-state index contributed by atoms with van der Waals surface area (Å²) in [7, 11) is 0. The zero-order chi connectivity index (χ0) is 20.6. The number of ether oxygens (including phenoxy) is 1. The number of hydrogen-bond acceptors (Lipinski definition) is 2. The average molecular weight is 394 g/mol. The predicted molar refractivity (Wildman–Crippen MR) is 125 cm³/mol. The van der Waals surface area contributed by atoms with Crippen molar-refractivity contribution in [2.24, 2.45) is 0 Å². The molecular formula is C28H27NO. The van der Waals surface area contributed by atoms with Crippen molar-refractivity contribution in [2.45, 2.75) is 38.0 Å². The molecule has 1 fully saturated rings. The second-order valence-electron chi connectivity index (χ2n) is 8.24. The van der Waals surface area contributed by atoms with E-state index < -0.39 is 0 Å². The molecule has 1 aliphatic heterocycles. The van der Waals surface area contributed by atoms with Gasteiger partial charge in [0.2, 0.25) is 0 Å². The molecule has 1 spiro atoms. The van der Waals surface area contributed by atoms with E-state index in [9.17, 15) is 0 Å². The largest absolute Gasteiger partial charge is 0.464 e. The Kier molecular flexibility index (Phi) is 4.71. The minimum absolute atomic E-state index is 0.186. The Morgan fingerprint density at radius 1 is 1.00 bits per heavy atom. The summed E-state index contributed by atoms with van der Waals surface area (Å²) >= 11 is 0. The van der Waals surface area contributed by atoms with Crippen molar-refractivity contribution in [3.05, 3.63) is 114 Å². The van der Waals surface area contributed by atoms with Gasteiger partial charge in [0.1, 0.15) is 5.75 Å². The van der Waals surface area contributed by atoms with Gasteiger partial charge in [-0.15, -0.1) is 0 Å². The fraction of sp³-hybridized carbons (Fsp3) is 0.214. The molecule has 0 unspecified atom stereocenters. The zero-order valence-corrected chi connectivity index (χ0v) is 17.4. The van der Waals surface area contributed by atoms with Crippen molar-refractivity contribution < 1.29 is 4.74 Å². The third-order valence-electron chi connectivity index (χ3n) is 6.73. The van der Waals surface area contributed by atoms with Gasteiger partial charge in [0.15, 0.2) is 0 Å². The molecule has 2 nitrogen and oxygen atoms in total. The Morgan fingerprint density at radius 2 is 1.73 bits per heavy atom. The summed E-state index contributed by atoms with van der Waals surface area (Å²) in [5.74, 6) is 0.823. The van der Waals surface area contributed by atoms with Crippen molar-refractivity contribution >= 4 is 11.1 Å². The molecule has 150 valence electrons. The summed E-state index contributed by atoms with van der Waals surface area (Å²) in [6.45, 7) is 6.53. The lowest BCUT2D eigenvalue weighted by Gasteiger charge is -2.27. The normalized spacial score (nSPS) is 24.6. The number of rotatable bonds is 2. The molecule has 1 saturated carbocycles. The van der Waals surface area contributed by atoms with Crippen LogP contribution in [-0.4, -0.2) is 0 Å². The first-order valence-corrected chi connectivity index (χ1v) is 10.8. The molecule has 3 aliphatic rings. The van der Waals surface area contributed by atoms with Crippen LogP contribution in [-0.2, 0) is 5.41 Å². The first-order chi connectivity index (χ1) is 14.7. The highest BCUT2D eigenvalue weighted by atomic mass is 16.5. The van der Waals surface area contributed by atoms with E-state index in [4.69, 9.17) is 4.74 Å². The van der Waals surface area contributed by atoms with E-state index in [1.165, 1.54) is 48.0 Å². The molecule has 2 aliphatic carbocycles. The smallest absolute Gasteiger partial charge is 0.134 e. The molecule has 0 atom stereocenters. The molecule has 1 heterocycles. The number of hydrogen-bond donors (Lipinski definition) is 1. The van der Waals surface area contributed by atoms with E-state index in [0.717, 1.165) is 22.6 Å². The van der Waals surface area contributed by atoms with Gasteiger partial charge in [-0.05, 0) is 54.7 Å². The molecule has 2 aromatic carbocycles. The molecule has 30 heavy (non-hydrogen) atoms. The van der Waals surface area contributed by atoms with Gasteiger partial charge in [-0.2, -0.15) is 0 Å². The molecule has 0 amide bonds. The summed E-state index contributed by atoms with van der Waals surface area (Å²) in [6.07, 6.45) is 15.2. The Labute approximate surface area is 179 Å². The topological polar surface area (TPSA) is 21.3 Å². The summed E-state index contributed by atoms with van der Waals surface area (Å²) in [4.78, 5) is 0. The lowest BCUT2D eigenvalue weighted by Crippen LogP contribution is -2.20. The van der Waals surface area contributed by atoms with Crippen molar-refractivity contribution in [3.63, 3.8) is 0 Å². The number of nitrogens with one attached hydrogen (secondary N) is 1. The van der Waals surface area contributed by atoms with Gasteiger partial charge < -0.3 is 10.1 Å². The van der Waals surface area contributed by atoms with Gasteiger partial charge in [0, 0.05) is 34.0 Å².